The largest absolute Gasteiger partial charge is 0.493 e. The van der Waals surface area contributed by atoms with Crippen molar-refractivity contribution in [1.29, 1.82) is 0 Å². The van der Waals surface area contributed by atoms with Crippen molar-refractivity contribution in [2.24, 2.45) is 0 Å². The molecule has 2 amide bonds. The van der Waals surface area contributed by atoms with Gasteiger partial charge in [-0.3, -0.25) is 9.59 Å². The third-order valence-electron chi connectivity index (χ3n) is 5.90. The second-order valence-corrected chi connectivity index (χ2v) is 10.5. The van der Waals surface area contributed by atoms with Gasteiger partial charge in [-0.25, -0.2) is 0 Å². The van der Waals surface area contributed by atoms with Crippen molar-refractivity contribution < 1.29 is 19.1 Å². The van der Waals surface area contributed by atoms with Crippen LogP contribution in [0.2, 0.25) is 10.0 Å². The Morgan fingerprint density at radius 3 is 2.27 bits per heavy atom. The van der Waals surface area contributed by atoms with Gasteiger partial charge in [0.15, 0.2) is 11.5 Å². The summed E-state index contributed by atoms with van der Waals surface area (Å²) in [7, 11) is 3.20. The molecule has 0 fully saturated rings. The fourth-order valence-corrected chi connectivity index (χ4v) is 5.15. The van der Waals surface area contributed by atoms with E-state index < -0.39 is 0 Å². The number of hydrogen-bond donors (Lipinski definition) is 0. The molecule has 0 radical (unpaired) electrons. The minimum atomic E-state index is -0.262. The maximum absolute atomic E-state index is 13.6. The minimum absolute atomic E-state index is 0.0275. The normalized spacial score (nSPS) is 10.7. The van der Waals surface area contributed by atoms with Gasteiger partial charge < -0.3 is 19.3 Å². The number of nitrogens with zero attached hydrogens (tertiary/aromatic N) is 2. The van der Waals surface area contributed by atoms with Crippen LogP contribution in [0.4, 0.5) is 0 Å². The summed E-state index contributed by atoms with van der Waals surface area (Å²) in [5.74, 6) is 0.922. The molecule has 0 aliphatic carbocycles. The summed E-state index contributed by atoms with van der Waals surface area (Å²) in [5.41, 5.74) is 1.39. The summed E-state index contributed by atoms with van der Waals surface area (Å²) >= 11 is 13.9. The number of carbonyl (C=O) groups is 2. The highest BCUT2D eigenvalue weighted by Gasteiger charge is 2.23. The Morgan fingerprint density at radius 2 is 1.65 bits per heavy atom. The molecule has 1 heterocycles. The molecule has 37 heavy (non-hydrogen) atoms. The fraction of sp³-hybridized carbons (Fsp3) is 0.357. The van der Waals surface area contributed by atoms with E-state index in [2.05, 4.69) is 0 Å². The molecule has 0 aliphatic rings. The zero-order valence-corrected chi connectivity index (χ0v) is 23.7. The summed E-state index contributed by atoms with van der Waals surface area (Å²) < 4.78 is 10.8. The summed E-state index contributed by atoms with van der Waals surface area (Å²) in [4.78, 5) is 31.4. The van der Waals surface area contributed by atoms with Crippen LogP contribution in [0, 0.1) is 0 Å². The predicted octanol–water partition coefficient (Wildman–Crippen LogP) is 6.59. The number of thiophene rings is 1. The van der Waals surface area contributed by atoms with Gasteiger partial charge in [-0.05, 0) is 60.2 Å². The lowest BCUT2D eigenvalue weighted by Crippen LogP contribution is -2.43. The van der Waals surface area contributed by atoms with Crippen LogP contribution in [-0.2, 0) is 17.8 Å². The van der Waals surface area contributed by atoms with Gasteiger partial charge in [-0.15, -0.1) is 11.3 Å². The van der Waals surface area contributed by atoms with Gasteiger partial charge in [0.05, 0.1) is 20.8 Å². The first-order chi connectivity index (χ1) is 17.8. The standard InChI is InChI=1S/C28H32Cl2N2O4S/c1-4-5-11-32(28(34)21-15-22(29)17-23(30)16-21)19-27(33)31(18-24-7-6-13-37-24)12-10-20-8-9-25(35-2)26(14-20)36-3/h6-9,13-17H,4-5,10-12,18-19H2,1-3H3. The number of unbranched alkanes of at least 4 members (excludes halogenated alkanes) is 1. The summed E-state index contributed by atoms with van der Waals surface area (Å²) in [6.45, 7) is 3.45. The van der Waals surface area contributed by atoms with Gasteiger partial charge in [-0.1, -0.05) is 48.7 Å². The highest BCUT2D eigenvalue weighted by molar-refractivity contribution is 7.09. The van der Waals surface area contributed by atoms with Gasteiger partial charge in [0.2, 0.25) is 5.91 Å². The third kappa shape index (κ3) is 8.38. The average molecular weight is 564 g/mol. The molecular formula is C28H32Cl2N2O4S. The van der Waals surface area contributed by atoms with E-state index >= 15 is 0 Å². The van der Waals surface area contributed by atoms with Crippen molar-refractivity contribution in [3.05, 3.63) is 80.0 Å². The van der Waals surface area contributed by atoms with Gasteiger partial charge in [0.1, 0.15) is 6.54 Å². The molecule has 3 aromatic rings. The second-order valence-electron chi connectivity index (χ2n) is 8.57. The molecule has 0 bridgehead atoms. The number of amides is 2. The number of halogens is 2. The molecule has 9 heteroatoms. The van der Waals surface area contributed by atoms with Crippen LogP contribution < -0.4 is 9.47 Å². The van der Waals surface area contributed by atoms with Crippen molar-refractivity contribution >= 4 is 46.4 Å². The lowest BCUT2D eigenvalue weighted by Gasteiger charge is -2.28. The van der Waals surface area contributed by atoms with Gasteiger partial charge >= 0.3 is 0 Å². The van der Waals surface area contributed by atoms with E-state index in [9.17, 15) is 9.59 Å². The molecule has 0 spiro atoms. The van der Waals surface area contributed by atoms with E-state index in [1.165, 1.54) is 0 Å². The number of rotatable bonds is 13. The summed E-state index contributed by atoms with van der Waals surface area (Å²) in [5, 5.41) is 2.76. The molecule has 6 nitrogen and oxygen atoms in total. The van der Waals surface area contributed by atoms with Crippen molar-refractivity contribution in [3.8, 4) is 11.5 Å². The highest BCUT2D eigenvalue weighted by atomic mass is 35.5. The topological polar surface area (TPSA) is 59.1 Å². The van der Waals surface area contributed by atoms with Crippen molar-refractivity contribution in [3.63, 3.8) is 0 Å². The molecule has 0 atom stereocenters. The third-order valence-corrected chi connectivity index (χ3v) is 7.20. The van der Waals surface area contributed by atoms with Crippen LogP contribution in [0.5, 0.6) is 11.5 Å². The second kappa shape index (κ2) is 14.3. The summed E-state index contributed by atoms with van der Waals surface area (Å²) in [6, 6.07) is 14.5. The molecule has 3 rings (SSSR count). The molecule has 0 N–H and O–H groups in total. The number of benzene rings is 2. The molecule has 198 valence electrons. The van der Waals surface area contributed by atoms with E-state index in [1.807, 2.05) is 42.6 Å². The molecule has 0 saturated carbocycles. The van der Waals surface area contributed by atoms with E-state index in [1.54, 1.807) is 53.6 Å². The Morgan fingerprint density at radius 1 is 0.919 bits per heavy atom. The van der Waals surface area contributed by atoms with Crippen molar-refractivity contribution in [1.82, 2.24) is 9.80 Å². The lowest BCUT2D eigenvalue weighted by molar-refractivity contribution is -0.132. The highest BCUT2D eigenvalue weighted by Crippen LogP contribution is 2.28. The first-order valence-electron chi connectivity index (χ1n) is 12.1. The van der Waals surface area contributed by atoms with Crippen LogP contribution in [0.15, 0.2) is 53.9 Å². The van der Waals surface area contributed by atoms with E-state index in [4.69, 9.17) is 32.7 Å². The van der Waals surface area contributed by atoms with Gasteiger partial charge in [-0.2, -0.15) is 0 Å². The average Bonchev–Trinajstić information content (AvgIpc) is 3.40. The zero-order chi connectivity index (χ0) is 26.8. The van der Waals surface area contributed by atoms with Crippen LogP contribution >= 0.6 is 34.5 Å². The Kier molecular flexibility index (Phi) is 11.1. The van der Waals surface area contributed by atoms with E-state index in [0.29, 0.717) is 53.2 Å². The van der Waals surface area contributed by atoms with Crippen LogP contribution in [0.3, 0.4) is 0 Å². The molecule has 0 aliphatic heterocycles. The smallest absolute Gasteiger partial charge is 0.254 e. The number of methoxy groups -OCH3 is 2. The molecule has 2 aromatic carbocycles. The van der Waals surface area contributed by atoms with Gasteiger partial charge in [0, 0.05) is 33.6 Å². The SMILES string of the molecule is CCCCN(CC(=O)N(CCc1ccc(OC)c(OC)c1)Cc1cccs1)C(=O)c1cc(Cl)cc(Cl)c1. The number of carbonyl (C=O) groups excluding carboxylic acids is 2. The van der Waals surface area contributed by atoms with Crippen LogP contribution in [0.25, 0.3) is 0 Å². The first-order valence-corrected chi connectivity index (χ1v) is 13.7. The van der Waals surface area contributed by atoms with Crippen molar-refractivity contribution in [2.75, 3.05) is 33.9 Å². The van der Waals surface area contributed by atoms with E-state index in [0.717, 1.165) is 23.3 Å². The number of hydrogen-bond acceptors (Lipinski definition) is 5. The minimum Gasteiger partial charge on any atom is -0.493 e. The first kappa shape index (κ1) is 28.8. The monoisotopic (exact) mass is 562 g/mol. The van der Waals surface area contributed by atoms with Crippen LogP contribution in [-0.4, -0.2) is 55.5 Å². The summed E-state index contributed by atoms with van der Waals surface area (Å²) in [6.07, 6.45) is 2.31. The van der Waals surface area contributed by atoms with Gasteiger partial charge in [0.25, 0.3) is 5.91 Å². The lowest BCUT2D eigenvalue weighted by atomic mass is 10.1. The van der Waals surface area contributed by atoms with Crippen LogP contribution in [0.1, 0.15) is 40.6 Å². The Bertz CT molecular complexity index is 1170. The Hall–Kier alpha value is -2.74. The van der Waals surface area contributed by atoms with E-state index in [-0.39, 0.29) is 18.4 Å². The predicted molar refractivity (Wildman–Crippen MR) is 150 cm³/mol. The number of ether oxygens (including phenoxy) is 2. The Labute approximate surface area is 232 Å². The maximum atomic E-state index is 13.6. The van der Waals surface area contributed by atoms with Crippen molar-refractivity contribution in [2.45, 2.75) is 32.7 Å². The zero-order valence-electron chi connectivity index (χ0n) is 21.3. The molecule has 0 unspecified atom stereocenters. The molecular weight excluding hydrogens is 531 g/mol. The quantitative estimate of drug-likeness (QED) is 0.236. The Balaban J connectivity index is 1.79. The maximum Gasteiger partial charge on any atom is 0.254 e. The fourth-order valence-electron chi connectivity index (χ4n) is 3.91. The molecule has 1 aromatic heterocycles. The molecule has 0 saturated heterocycles.